The number of rotatable bonds is 7. The van der Waals surface area contributed by atoms with Crippen LogP contribution in [0, 0.1) is 0 Å². The molecule has 0 saturated heterocycles. The van der Waals surface area contributed by atoms with Gasteiger partial charge in [-0.2, -0.15) is 4.31 Å². The van der Waals surface area contributed by atoms with Crippen LogP contribution in [0.15, 0.2) is 24.3 Å². The van der Waals surface area contributed by atoms with E-state index in [1.807, 2.05) is 0 Å². The molecule has 1 aromatic rings. The van der Waals surface area contributed by atoms with Crippen LogP contribution < -0.4 is 0 Å². The molecule has 0 aliphatic heterocycles. The largest absolute Gasteiger partial charge is 0.480 e. The molecule has 7 nitrogen and oxygen atoms in total. The molecule has 0 spiro atoms. The first kappa shape index (κ1) is 18.4. The number of carboxylic acid groups (broad SMARTS) is 1. The lowest BCUT2D eigenvalue weighted by Crippen LogP contribution is -2.42. The zero-order valence-electron chi connectivity index (χ0n) is 12.2. The topological polar surface area (TPSA) is 95.0 Å². The van der Waals surface area contributed by atoms with E-state index >= 15 is 0 Å². The minimum Gasteiger partial charge on any atom is -0.480 e. The Morgan fingerprint density at radius 2 is 1.73 bits per heavy atom. The molecule has 0 aliphatic carbocycles. The number of sulfonamides is 1. The lowest BCUT2D eigenvalue weighted by Gasteiger charge is -2.23. The number of carbonyl (C=O) groups is 2. The van der Waals surface area contributed by atoms with Gasteiger partial charge in [0.05, 0.1) is 12.8 Å². The number of amides is 1. The van der Waals surface area contributed by atoms with Crippen molar-refractivity contribution in [1.29, 1.82) is 0 Å². The maximum atomic E-state index is 12.1. The lowest BCUT2D eigenvalue weighted by molar-refractivity contribution is -0.144. The minimum absolute atomic E-state index is 0.0555. The summed E-state index contributed by atoms with van der Waals surface area (Å²) in [4.78, 5) is 24.1. The molecule has 0 unspecified atom stereocenters. The number of hydrogen-bond acceptors (Lipinski definition) is 4. The predicted molar refractivity (Wildman–Crippen MR) is 82.0 cm³/mol. The van der Waals surface area contributed by atoms with Crippen LogP contribution in [-0.4, -0.2) is 61.0 Å². The second kappa shape index (κ2) is 7.57. The van der Waals surface area contributed by atoms with Crippen LogP contribution in [0.1, 0.15) is 5.56 Å². The molecular weight excluding hydrogens is 332 g/mol. The molecule has 0 heterocycles. The Kier molecular flexibility index (Phi) is 6.34. The maximum absolute atomic E-state index is 12.1. The molecule has 0 fully saturated rings. The van der Waals surface area contributed by atoms with Gasteiger partial charge in [0.25, 0.3) is 0 Å². The summed E-state index contributed by atoms with van der Waals surface area (Å²) in [5, 5.41) is 9.43. The SMILES string of the molecule is CN(CC(=O)N(CC(=O)O)Cc1ccc(Cl)cc1)S(C)(=O)=O. The molecule has 0 saturated carbocycles. The van der Waals surface area contributed by atoms with E-state index in [0.29, 0.717) is 10.6 Å². The monoisotopic (exact) mass is 348 g/mol. The standard InChI is InChI=1S/C13H17ClN2O5S/c1-15(22(2,20)21)8-12(17)16(9-13(18)19)7-10-3-5-11(14)6-4-10/h3-6H,7-9H2,1-2H3,(H,18,19). The predicted octanol–water partition coefficient (Wildman–Crippen LogP) is 0.645. The normalized spacial score (nSPS) is 11.5. The molecule has 0 aliphatic rings. The van der Waals surface area contributed by atoms with E-state index in [9.17, 15) is 18.0 Å². The van der Waals surface area contributed by atoms with Crippen LogP contribution in [0.3, 0.4) is 0 Å². The minimum atomic E-state index is -3.52. The van der Waals surface area contributed by atoms with Gasteiger partial charge >= 0.3 is 5.97 Å². The molecule has 1 N–H and O–H groups in total. The van der Waals surface area contributed by atoms with Gasteiger partial charge in [0.15, 0.2) is 0 Å². The number of nitrogens with zero attached hydrogens (tertiary/aromatic N) is 2. The van der Waals surface area contributed by atoms with Crippen LogP contribution in [0.5, 0.6) is 0 Å². The van der Waals surface area contributed by atoms with E-state index in [0.717, 1.165) is 15.5 Å². The summed E-state index contributed by atoms with van der Waals surface area (Å²) >= 11 is 5.77. The third-order valence-electron chi connectivity index (χ3n) is 2.89. The highest BCUT2D eigenvalue weighted by molar-refractivity contribution is 7.88. The molecule has 0 aromatic heterocycles. The first-order valence-electron chi connectivity index (χ1n) is 6.25. The van der Waals surface area contributed by atoms with Crippen molar-refractivity contribution in [3.63, 3.8) is 0 Å². The molecule has 0 atom stereocenters. The fourth-order valence-electron chi connectivity index (χ4n) is 1.61. The fourth-order valence-corrected chi connectivity index (χ4v) is 2.08. The summed E-state index contributed by atoms with van der Waals surface area (Å²) in [6.45, 7) is -0.876. The van der Waals surface area contributed by atoms with E-state index in [4.69, 9.17) is 16.7 Å². The Hall–Kier alpha value is -1.64. The van der Waals surface area contributed by atoms with Crippen LogP contribution in [0.25, 0.3) is 0 Å². The van der Waals surface area contributed by atoms with Gasteiger partial charge in [-0.25, -0.2) is 8.42 Å². The van der Waals surface area contributed by atoms with Crippen molar-refractivity contribution >= 4 is 33.5 Å². The molecule has 22 heavy (non-hydrogen) atoms. The van der Waals surface area contributed by atoms with Gasteiger partial charge in [-0.05, 0) is 17.7 Å². The van der Waals surface area contributed by atoms with Gasteiger partial charge < -0.3 is 10.0 Å². The molecule has 1 aromatic carbocycles. The van der Waals surface area contributed by atoms with Gasteiger partial charge in [0, 0.05) is 18.6 Å². The Bertz CT molecular complexity index is 645. The summed E-state index contributed by atoms with van der Waals surface area (Å²) in [6.07, 6.45) is 0.973. The van der Waals surface area contributed by atoms with Gasteiger partial charge in [-0.15, -0.1) is 0 Å². The van der Waals surface area contributed by atoms with Gasteiger partial charge in [0.2, 0.25) is 15.9 Å². The van der Waals surface area contributed by atoms with E-state index in [1.165, 1.54) is 7.05 Å². The van der Waals surface area contributed by atoms with Crippen molar-refractivity contribution in [2.75, 3.05) is 26.4 Å². The zero-order chi connectivity index (χ0) is 16.9. The Balaban J connectivity index is 2.85. The summed E-state index contributed by atoms with van der Waals surface area (Å²) in [5.74, 6) is -1.77. The molecule has 1 rings (SSSR count). The summed E-state index contributed by atoms with van der Waals surface area (Å²) in [7, 11) is -2.26. The average molecular weight is 349 g/mol. The number of carbonyl (C=O) groups excluding carboxylic acids is 1. The van der Waals surface area contributed by atoms with Crippen LogP contribution in [0.4, 0.5) is 0 Å². The number of benzene rings is 1. The second-order valence-electron chi connectivity index (χ2n) is 4.79. The van der Waals surface area contributed by atoms with Crippen molar-refractivity contribution in [3.05, 3.63) is 34.9 Å². The smallest absolute Gasteiger partial charge is 0.323 e. The third-order valence-corrected chi connectivity index (χ3v) is 4.40. The molecule has 9 heteroatoms. The first-order valence-corrected chi connectivity index (χ1v) is 8.47. The molecule has 0 radical (unpaired) electrons. The van der Waals surface area contributed by atoms with Gasteiger partial charge in [0.1, 0.15) is 6.54 Å². The average Bonchev–Trinajstić information content (AvgIpc) is 2.38. The van der Waals surface area contributed by atoms with Gasteiger partial charge in [-0.3, -0.25) is 9.59 Å². The Morgan fingerprint density at radius 3 is 2.18 bits per heavy atom. The lowest BCUT2D eigenvalue weighted by atomic mass is 10.2. The summed E-state index contributed by atoms with van der Waals surface area (Å²) in [5.41, 5.74) is 0.695. The molecular formula is C13H17ClN2O5S. The number of aliphatic carboxylic acids is 1. The van der Waals surface area contributed by atoms with E-state index < -0.39 is 35.0 Å². The van der Waals surface area contributed by atoms with E-state index in [1.54, 1.807) is 24.3 Å². The summed E-state index contributed by atoms with van der Waals surface area (Å²) in [6, 6.07) is 6.60. The van der Waals surface area contributed by atoms with Crippen molar-refractivity contribution in [3.8, 4) is 0 Å². The molecule has 122 valence electrons. The van der Waals surface area contributed by atoms with E-state index in [2.05, 4.69) is 0 Å². The highest BCUT2D eigenvalue weighted by Crippen LogP contribution is 2.12. The fraction of sp³-hybridized carbons (Fsp3) is 0.385. The van der Waals surface area contributed by atoms with Crippen molar-refractivity contribution in [1.82, 2.24) is 9.21 Å². The Morgan fingerprint density at radius 1 is 1.18 bits per heavy atom. The first-order chi connectivity index (χ1) is 10.1. The van der Waals surface area contributed by atoms with Crippen LogP contribution in [-0.2, 0) is 26.2 Å². The zero-order valence-corrected chi connectivity index (χ0v) is 13.8. The quantitative estimate of drug-likeness (QED) is 0.780. The van der Waals surface area contributed by atoms with Crippen LogP contribution in [0.2, 0.25) is 5.02 Å². The molecule has 1 amide bonds. The second-order valence-corrected chi connectivity index (χ2v) is 7.31. The molecule has 0 bridgehead atoms. The van der Waals surface area contributed by atoms with Crippen LogP contribution >= 0.6 is 11.6 Å². The van der Waals surface area contributed by atoms with Crippen molar-refractivity contribution in [2.45, 2.75) is 6.54 Å². The Labute approximate surface area is 134 Å². The highest BCUT2D eigenvalue weighted by Gasteiger charge is 2.22. The van der Waals surface area contributed by atoms with Gasteiger partial charge in [-0.1, -0.05) is 23.7 Å². The maximum Gasteiger partial charge on any atom is 0.323 e. The number of halogens is 1. The number of carboxylic acids is 1. The van der Waals surface area contributed by atoms with Crippen molar-refractivity contribution < 1.29 is 23.1 Å². The highest BCUT2D eigenvalue weighted by atomic mass is 35.5. The number of likely N-dealkylation sites (N-methyl/N-ethyl adjacent to an activating group) is 1. The third kappa shape index (κ3) is 6.00. The van der Waals surface area contributed by atoms with E-state index in [-0.39, 0.29) is 6.54 Å². The number of hydrogen-bond donors (Lipinski definition) is 1. The van der Waals surface area contributed by atoms with Crippen molar-refractivity contribution in [2.24, 2.45) is 0 Å². The summed E-state index contributed by atoms with van der Waals surface area (Å²) < 4.78 is 23.5.